The van der Waals surface area contributed by atoms with E-state index in [0.717, 1.165) is 22.6 Å². The SMILES string of the molecule is CCc1nc2ccc(Cl)cn2c1C(=O)Nc1ccc(C)cc1. The predicted molar refractivity (Wildman–Crippen MR) is 88.7 cm³/mol. The normalized spacial score (nSPS) is 10.9. The van der Waals surface area contributed by atoms with Crippen LogP contribution in [0.15, 0.2) is 42.6 Å². The lowest BCUT2D eigenvalue weighted by Gasteiger charge is -2.07. The van der Waals surface area contributed by atoms with Crippen molar-refractivity contribution in [2.75, 3.05) is 5.32 Å². The van der Waals surface area contributed by atoms with Gasteiger partial charge in [-0.1, -0.05) is 36.2 Å². The molecular formula is C17H16ClN3O. The van der Waals surface area contributed by atoms with Gasteiger partial charge < -0.3 is 5.32 Å². The Morgan fingerprint density at radius 2 is 1.95 bits per heavy atom. The lowest BCUT2D eigenvalue weighted by Crippen LogP contribution is -2.16. The van der Waals surface area contributed by atoms with Crippen molar-refractivity contribution in [3.8, 4) is 0 Å². The van der Waals surface area contributed by atoms with Crippen molar-refractivity contribution in [3.63, 3.8) is 0 Å². The fraction of sp³-hybridized carbons (Fsp3) is 0.176. The molecule has 0 aliphatic heterocycles. The number of aryl methyl sites for hydroxylation is 2. The van der Waals surface area contributed by atoms with E-state index in [4.69, 9.17) is 11.6 Å². The summed E-state index contributed by atoms with van der Waals surface area (Å²) in [6, 6.07) is 11.3. The van der Waals surface area contributed by atoms with E-state index in [1.54, 1.807) is 16.7 Å². The summed E-state index contributed by atoms with van der Waals surface area (Å²) in [7, 11) is 0. The van der Waals surface area contributed by atoms with Crippen molar-refractivity contribution in [2.24, 2.45) is 0 Å². The van der Waals surface area contributed by atoms with E-state index in [2.05, 4.69) is 10.3 Å². The third-order valence-corrected chi connectivity index (χ3v) is 3.74. The fourth-order valence-electron chi connectivity index (χ4n) is 2.38. The van der Waals surface area contributed by atoms with Crippen LogP contribution in [0.5, 0.6) is 0 Å². The number of nitrogens with zero attached hydrogens (tertiary/aromatic N) is 2. The van der Waals surface area contributed by atoms with Crippen molar-refractivity contribution in [2.45, 2.75) is 20.3 Å². The number of benzene rings is 1. The first-order valence-corrected chi connectivity index (χ1v) is 7.51. The van der Waals surface area contributed by atoms with Gasteiger partial charge in [0, 0.05) is 11.9 Å². The summed E-state index contributed by atoms with van der Waals surface area (Å²) in [5.41, 5.74) is 3.91. The van der Waals surface area contributed by atoms with E-state index in [1.807, 2.05) is 44.2 Å². The molecule has 22 heavy (non-hydrogen) atoms. The van der Waals surface area contributed by atoms with Gasteiger partial charge in [-0.25, -0.2) is 4.98 Å². The molecule has 0 fully saturated rings. The van der Waals surface area contributed by atoms with Gasteiger partial charge in [-0.2, -0.15) is 0 Å². The first kappa shape index (κ1) is 14.6. The van der Waals surface area contributed by atoms with E-state index in [1.165, 1.54) is 0 Å². The molecule has 0 saturated heterocycles. The van der Waals surface area contributed by atoms with Gasteiger partial charge in [-0.15, -0.1) is 0 Å². The molecular weight excluding hydrogens is 298 g/mol. The van der Waals surface area contributed by atoms with Gasteiger partial charge in [-0.3, -0.25) is 9.20 Å². The molecule has 0 saturated carbocycles. The number of nitrogens with one attached hydrogen (secondary N) is 1. The van der Waals surface area contributed by atoms with E-state index in [0.29, 0.717) is 17.1 Å². The fourth-order valence-corrected chi connectivity index (χ4v) is 2.54. The molecule has 1 aromatic carbocycles. The highest BCUT2D eigenvalue weighted by molar-refractivity contribution is 6.30. The van der Waals surface area contributed by atoms with Crippen LogP contribution in [0.3, 0.4) is 0 Å². The van der Waals surface area contributed by atoms with Crippen molar-refractivity contribution in [1.29, 1.82) is 0 Å². The van der Waals surface area contributed by atoms with Crippen molar-refractivity contribution in [1.82, 2.24) is 9.38 Å². The van der Waals surface area contributed by atoms with Gasteiger partial charge in [-0.05, 0) is 37.6 Å². The molecule has 1 N–H and O–H groups in total. The molecule has 0 unspecified atom stereocenters. The second kappa shape index (κ2) is 5.81. The maximum Gasteiger partial charge on any atom is 0.274 e. The van der Waals surface area contributed by atoms with E-state index < -0.39 is 0 Å². The first-order chi connectivity index (χ1) is 10.6. The number of carbonyl (C=O) groups excluding carboxylic acids is 1. The Morgan fingerprint density at radius 1 is 1.23 bits per heavy atom. The van der Waals surface area contributed by atoms with Crippen LogP contribution in [-0.4, -0.2) is 15.3 Å². The van der Waals surface area contributed by atoms with Crippen LogP contribution >= 0.6 is 11.6 Å². The second-order valence-corrected chi connectivity index (χ2v) is 5.59. The molecule has 0 bridgehead atoms. The molecule has 1 amide bonds. The van der Waals surface area contributed by atoms with Gasteiger partial charge in [0.25, 0.3) is 5.91 Å². The molecule has 3 rings (SSSR count). The van der Waals surface area contributed by atoms with Crippen LogP contribution < -0.4 is 5.32 Å². The molecule has 3 aromatic rings. The maximum absolute atomic E-state index is 12.7. The third-order valence-electron chi connectivity index (χ3n) is 3.51. The van der Waals surface area contributed by atoms with Crippen LogP contribution in [0.2, 0.25) is 5.02 Å². The minimum Gasteiger partial charge on any atom is -0.321 e. The monoisotopic (exact) mass is 313 g/mol. The van der Waals surface area contributed by atoms with Gasteiger partial charge in [0.15, 0.2) is 0 Å². The van der Waals surface area contributed by atoms with Crippen molar-refractivity contribution >= 4 is 28.8 Å². The Morgan fingerprint density at radius 3 is 2.64 bits per heavy atom. The number of carbonyl (C=O) groups is 1. The summed E-state index contributed by atoms with van der Waals surface area (Å²) in [4.78, 5) is 17.1. The lowest BCUT2D eigenvalue weighted by molar-refractivity contribution is 0.102. The largest absolute Gasteiger partial charge is 0.321 e. The molecule has 2 aromatic heterocycles. The minimum atomic E-state index is -0.185. The van der Waals surface area contributed by atoms with Crippen molar-refractivity contribution < 1.29 is 4.79 Å². The Bertz CT molecular complexity index is 837. The predicted octanol–water partition coefficient (Wildman–Crippen LogP) is 4.11. The van der Waals surface area contributed by atoms with Gasteiger partial charge >= 0.3 is 0 Å². The topological polar surface area (TPSA) is 46.4 Å². The highest BCUT2D eigenvalue weighted by Crippen LogP contribution is 2.19. The molecule has 5 heteroatoms. The Balaban J connectivity index is 2.02. The molecule has 0 aliphatic rings. The standard InChI is InChI=1S/C17H16ClN3O/c1-3-14-16(21-10-12(18)6-9-15(21)20-14)17(22)19-13-7-4-11(2)5-8-13/h4-10H,3H2,1-2H3,(H,19,22). The molecule has 0 radical (unpaired) electrons. The number of aromatic nitrogens is 2. The number of hydrogen-bond acceptors (Lipinski definition) is 2. The minimum absolute atomic E-state index is 0.185. The van der Waals surface area contributed by atoms with Gasteiger partial charge in [0.2, 0.25) is 0 Å². The summed E-state index contributed by atoms with van der Waals surface area (Å²) in [6.45, 7) is 3.99. The van der Waals surface area contributed by atoms with Crippen molar-refractivity contribution in [3.05, 3.63) is 64.6 Å². The van der Waals surface area contributed by atoms with Crippen LogP contribution in [0.25, 0.3) is 5.65 Å². The molecule has 112 valence electrons. The van der Waals surface area contributed by atoms with E-state index in [-0.39, 0.29) is 5.91 Å². The third kappa shape index (κ3) is 2.70. The van der Waals surface area contributed by atoms with E-state index >= 15 is 0 Å². The number of pyridine rings is 1. The molecule has 4 nitrogen and oxygen atoms in total. The summed E-state index contributed by atoms with van der Waals surface area (Å²) in [5.74, 6) is -0.185. The number of fused-ring (bicyclic) bond motifs is 1. The number of halogens is 1. The molecule has 0 aliphatic carbocycles. The number of rotatable bonds is 3. The summed E-state index contributed by atoms with van der Waals surface area (Å²) in [6.07, 6.45) is 2.39. The summed E-state index contributed by atoms with van der Waals surface area (Å²) < 4.78 is 1.74. The van der Waals surface area contributed by atoms with Crippen LogP contribution in [0, 0.1) is 6.92 Å². The van der Waals surface area contributed by atoms with Gasteiger partial charge in [0.05, 0.1) is 10.7 Å². The quantitative estimate of drug-likeness (QED) is 0.791. The molecule has 0 spiro atoms. The number of hydrogen-bond donors (Lipinski definition) is 1. The maximum atomic E-state index is 12.7. The van der Waals surface area contributed by atoms with Crippen LogP contribution in [-0.2, 0) is 6.42 Å². The highest BCUT2D eigenvalue weighted by Gasteiger charge is 2.18. The summed E-state index contributed by atoms with van der Waals surface area (Å²) >= 11 is 6.05. The average Bonchev–Trinajstić information content (AvgIpc) is 2.87. The summed E-state index contributed by atoms with van der Waals surface area (Å²) in [5, 5.41) is 3.48. The molecule has 0 atom stereocenters. The molecule has 2 heterocycles. The zero-order valence-electron chi connectivity index (χ0n) is 12.4. The van der Waals surface area contributed by atoms with E-state index in [9.17, 15) is 4.79 Å². The number of imidazole rings is 1. The van der Waals surface area contributed by atoms with Gasteiger partial charge in [0.1, 0.15) is 11.3 Å². The Labute approximate surface area is 133 Å². The van der Waals surface area contributed by atoms with Crippen LogP contribution in [0.4, 0.5) is 5.69 Å². The number of amides is 1. The average molecular weight is 314 g/mol. The second-order valence-electron chi connectivity index (χ2n) is 5.16. The zero-order valence-corrected chi connectivity index (χ0v) is 13.2. The smallest absolute Gasteiger partial charge is 0.274 e. The highest BCUT2D eigenvalue weighted by atomic mass is 35.5. The first-order valence-electron chi connectivity index (χ1n) is 7.13. The van der Waals surface area contributed by atoms with Crippen LogP contribution in [0.1, 0.15) is 28.7 Å². The lowest BCUT2D eigenvalue weighted by atomic mass is 10.2. The Kier molecular flexibility index (Phi) is 3.86. The number of anilines is 1. The zero-order chi connectivity index (χ0) is 15.7. The Hall–Kier alpha value is -2.33.